The summed E-state index contributed by atoms with van der Waals surface area (Å²) in [4.78, 5) is 0. The molecule has 1 aromatic rings. The summed E-state index contributed by atoms with van der Waals surface area (Å²) in [6.07, 6.45) is 3.98. The molecule has 1 unspecified atom stereocenters. The standard InChI is InChI=1S/C14H22/c1-4-5-11-14(12(2)3)13-9-7-6-8-10-13/h6-10,12,14H,4-5,11H2,1-3H3. The minimum absolute atomic E-state index is 0.746. The fraction of sp³-hybridized carbons (Fsp3) is 0.571. The van der Waals surface area contributed by atoms with Crippen LogP contribution in [0.5, 0.6) is 0 Å². The third kappa shape index (κ3) is 3.17. The van der Waals surface area contributed by atoms with E-state index in [0.717, 1.165) is 11.8 Å². The van der Waals surface area contributed by atoms with Gasteiger partial charge in [-0.3, -0.25) is 0 Å². The van der Waals surface area contributed by atoms with Crippen LogP contribution in [0.25, 0.3) is 0 Å². The second-order valence-corrected chi connectivity index (χ2v) is 4.40. The summed E-state index contributed by atoms with van der Waals surface area (Å²) in [6, 6.07) is 10.9. The molecule has 0 aliphatic heterocycles. The van der Waals surface area contributed by atoms with Crippen LogP contribution < -0.4 is 0 Å². The van der Waals surface area contributed by atoms with Crippen molar-refractivity contribution in [2.24, 2.45) is 5.92 Å². The first-order valence-corrected chi connectivity index (χ1v) is 5.80. The smallest absolute Gasteiger partial charge is 0.0139 e. The van der Waals surface area contributed by atoms with E-state index in [1.807, 2.05) is 0 Å². The molecule has 1 atom stereocenters. The third-order valence-corrected chi connectivity index (χ3v) is 2.90. The van der Waals surface area contributed by atoms with E-state index in [4.69, 9.17) is 0 Å². The molecule has 0 radical (unpaired) electrons. The largest absolute Gasteiger partial charge is 0.0654 e. The Kier molecular flexibility index (Phi) is 4.72. The van der Waals surface area contributed by atoms with Crippen molar-refractivity contribution in [1.29, 1.82) is 0 Å². The fourth-order valence-corrected chi connectivity index (χ4v) is 2.01. The molecule has 0 aliphatic carbocycles. The minimum atomic E-state index is 0.746. The van der Waals surface area contributed by atoms with Crippen molar-refractivity contribution in [2.75, 3.05) is 0 Å². The van der Waals surface area contributed by atoms with Crippen molar-refractivity contribution in [3.05, 3.63) is 35.9 Å². The summed E-state index contributed by atoms with van der Waals surface area (Å²) in [5.41, 5.74) is 1.51. The first-order valence-electron chi connectivity index (χ1n) is 5.80. The van der Waals surface area contributed by atoms with Gasteiger partial charge in [0.2, 0.25) is 0 Å². The lowest BCUT2D eigenvalue weighted by atomic mass is 9.84. The Morgan fingerprint density at radius 2 is 1.71 bits per heavy atom. The van der Waals surface area contributed by atoms with E-state index in [1.165, 1.54) is 24.8 Å². The highest BCUT2D eigenvalue weighted by molar-refractivity contribution is 5.19. The molecule has 0 saturated carbocycles. The zero-order valence-corrected chi connectivity index (χ0v) is 9.66. The molecular weight excluding hydrogens is 168 g/mol. The van der Waals surface area contributed by atoms with Crippen molar-refractivity contribution in [3.8, 4) is 0 Å². The van der Waals surface area contributed by atoms with Crippen LogP contribution in [0.15, 0.2) is 30.3 Å². The second kappa shape index (κ2) is 5.85. The van der Waals surface area contributed by atoms with E-state index in [1.54, 1.807) is 0 Å². The highest BCUT2D eigenvalue weighted by Gasteiger charge is 2.14. The molecule has 0 heterocycles. The van der Waals surface area contributed by atoms with Gasteiger partial charge in [0.25, 0.3) is 0 Å². The highest BCUT2D eigenvalue weighted by atomic mass is 14.2. The van der Waals surface area contributed by atoms with Crippen LogP contribution in [0, 0.1) is 5.92 Å². The van der Waals surface area contributed by atoms with Gasteiger partial charge in [-0.25, -0.2) is 0 Å². The van der Waals surface area contributed by atoms with Gasteiger partial charge in [0.1, 0.15) is 0 Å². The van der Waals surface area contributed by atoms with Gasteiger partial charge in [-0.1, -0.05) is 63.9 Å². The Morgan fingerprint density at radius 1 is 1.07 bits per heavy atom. The fourth-order valence-electron chi connectivity index (χ4n) is 2.01. The first kappa shape index (κ1) is 11.3. The molecule has 0 nitrogen and oxygen atoms in total. The van der Waals surface area contributed by atoms with Crippen LogP contribution in [0.4, 0.5) is 0 Å². The quantitative estimate of drug-likeness (QED) is 0.635. The second-order valence-electron chi connectivity index (χ2n) is 4.40. The first-order chi connectivity index (χ1) is 6.75. The van der Waals surface area contributed by atoms with Crippen LogP contribution in [0.3, 0.4) is 0 Å². The monoisotopic (exact) mass is 190 g/mol. The Balaban J connectivity index is 2.68. The number of hydrogen-bond acceptors (Lipinski definition) is 0. The highest BCUT2D eigenvalue weighted by Crippen LogP contribution is 2.29. The van der Waals surface area contributed by atoms with Crippen LogP contribution in [-0.4, -0.2) is 0 Å². The van der Waals surface area contributed by atoms with Gasteiger partial charge in [0, 0.05) is 0 Å². The number of rotatable bonds is 5. The average Bonchev–Trinajstić information content (AvgIpc) is 2.19. The van der Waals surface area contributed by atoms with Crippen molar-refractivity contribution in [2.45, 2.75) is 46.0 Å². The Bertz CT molecular complexity index is 235. The van der Waals surface area contributed by atoms with Gasteiger partial charge in [-0.15, -0.1) is 0 Å². The van der Waals surface area contributed by atoms with E-state index in [-0.39, 0.29) is 0 Å². The molecule has 0 spiro atoms. The predicted octanol–water partition coefficient (Wildman–Crippen LogP) is 4.62. The molecule has 0 amide bonds. The van der Waals surface area contributed by atoms with E-state index in [2.05, 4.69) is 51.1 Å². The molecule has 0 bridgehead atoms. The molecule has 0 fully saturated rings. The summed E-state index contributed by atoms with van der Waals surface area (Å²) in [5, 5.41) is 0. The molecular formula is C14H22. The van der Waals surface area contributed by atoms with E-state index in [0.29, 0.717) is 0 Å². The van der Waals surface area contributed by atoms with Gasteiger partial charge >= 0.3 is 0 Å². The van der Waals surface area contributed by atoms with Crippen LogP contribution in [0.1, 0.15) is 51.5 Å². The van der Waals surface area contributed by atoms with Gasteiger partial charge in [-0.2, -0.15) is 0 Å². The lowest BCUT2D eigenvalue weighted by Gasteiger charge is -2.21. The summed E-state index contributed by atoms with van der Waals surface area (Å²) >= 11 is 0. The third-order valence-electron chi connectivity index (χ3n) is 2.90. The van der Waals surface area contributed by atoms with Gasteiger partial charge < -0.3 is 0 Å². The summed E-state index contributed by atoms with van der Waals surface area (Å²) in [7, 11) is 0. The molecule has 1 rings (SSSR count). The topological polar surface area (TPSA) is 0 Å². The number of benzene rings is 1. The normalized spacial score (nSPS) is 13.1. The number of unbranched alkanes of at least 4 members (excludes halogenated alkanes) is 1. The zero-order chi connectivity index (χ0) is 10.4. The Morgan fingerprint density at radius 3 is 2.21 bits per heavy atom. The van der Waals surface area contributed by atoms with E-state index < -0.39 is 0 Å². The van der Waals surface area contributed by atoms with Crippen molar-refractivity contribution in [1.82, 2.24) is 0 Å². The van der Waals surface area contributed by atoms with Crippen molar-refractivity contribution >= 4 is 0 Å². The van der Waals surface area contributed by atoms with Crippen LogP contribution in [-0.2, 0) is 0 Å². The molecule has 0 aromatic heterocycles. The van der Waals surface area contributed by atoms with E-state index in [9.17, 15) is 0 Å². The van der Waals surface area contributed by atoms with Gasteiger partial charge in [0.15, 0.2) is 0 Å². The minimum Gasteiger partial charge on any atom is -0.0654 e. The van der Waals surface area contributed by atoms with Gasteiger partial charge in [-0.05, 0) is 23.8 Å². The summed E-state index contributed by atoms with van der Waals surface area (Å²) < 4.78 is 0. The maximum atomic E-state index is 2.33. The van der Waals surface area contributed by atoms with Crippen molar-refractivity contribution < 1.29 is 0 Å². The van der Waals surface area contributed by atoms with E-state index >= 15 is 0 Å². The van der Waals surface area contributed by atoms with Crippen LogP contribution >= 0.6 is 0 Å². The molecule has 0 aliphatic rings. The predicted molar refractivity (Wildman–Crippen MR) is 63.5 cm³/mol. The lowest BCUT2D eigenvalue weighted by Crippen LogP contribution is -2.06. The average molecular weight is 190 g/mol. The zero-order valence-electron chi connectivity index (χ0n) is 9.66. The molecule has 1 aromatic carbocycles. The Labute approximate surface area is 88.4 Å². The maximum Gasteiger partial charge on any atom is -0.0139 e. The lowest BCUT2D eigenvalue weighted by molar-refractivity contribution is 0.453. The molecule has 78 valence electrons. The SMILES string of the molecule is CCCCC(c1ccccc1)C(C)C. The van der Waals surface area contributed by atoms with Gasteiger partial charge in [0.05, 0.1) is 0 Å². The molecule has 14 heavy (non-hydrogen) atoms. The summed E-state index contributed by atoms with van der Waals surface area (Å²) in [6.45, 7) is 6.92. The molecule has 0 saturated heterocycles. The molecule has 0 heteroatoms. The van der Waals surface area contributed by atoms with Crippen LogP contribution in [0.2, 0.25) is 0 Å². The summed E-state index contributed by atoms with van der Waals surface area (Å²) in [5.74, 6) is 1.50. The molecule has 0 N–H and O–H groups in total. The number of hydrogen-bond donors (Lipinski definition) is 0. The maximum absolute atomic E-state index is 2.33. The Hall–Kier alpha value is -0.780. The van der Waals surface area contributed by atoms with Crippen molar-refractivity contribution in [3.63, 3.8) is 0 Å².